The molecule has 2 atom stereocenters. The molecule has 0 bridgehead atoms. The van der Waals surface area contributed by atoms with Crippen LogP contribution in [-0.2, 0) is 4.79 Å². The minimum absolute atomic E-state index is 0.0282. The van der Waals surface area contributed by atoms with Gasteiger partial charge in [-0.25, -0.2) is 4.39 Å². The van der Waals surface area contributed by atoms with Gasteiger partial charge in [0.1, 0.15) is 5.75 Å². The Morgan fingerprint density at radius 2 is 1.85 bits per heavy atom. The Morgan fingerprint density at radius 3 is 2.42 bits per heavy atom. The molecule has 0 unspecified atom stereocenters. The van der Waals surface area contributed by atoms with Crippen molar-refractivity contribution in [2.24, 2.45) is 5.92 Å². The molecule has 26 heavy (non-hydrogen) atoms. The van der Waals surface area contributed by atoms with E-state index in [0.29, 0.717) is 24.2 Å². The van der Waals surface area contributed by atoms with Crippen LogP contribution in [0.4, 0.5) is 4.39 Å². The van der Waals surface area contributed by atoms with Gasteiger partial charge in [-0.2, -0.15) is 0 Å². The molecule has 2 rings (SSSR count). The van der Waals surface area contributed by atoms with Crippen molar-refractivity contribution in [3.63, 3.8) is 0 Å². The molecule has 0 saturated heterocycles. The van der Waals surface area contributed by atoms with E-state index in [4.69, 9.17) is 16.3 Å². The summed E-state index contributed by atoms with van der Waals surface area (Å²) in [5.74, 6) is -0.154. The van der Waals surface area contributed by atoms with Gasteiger partial charge in [0.2, 0.25) is 5.91 Å². The van der Waals surface area contributed by atoms with E-state index in [2.05, 4.69) is 0 Å². The quantitative estimate of drug-likeness (QED) is 0.603. The van der Waals surface area contributed by atoms with Gasteiger partial charge in [-0.1, -0.05) is 49.7 Å². The Bertz CT molecular complexity index is 749. The predicted molar refractivity (Wildman–Crippen MR) is 103 cm³/mol. The van der Waals surface area contributed by atoms with Gasteiger partial charge in [-0.3, -0.25) is 4.79 Å². The number of carbonyl (C=O) groups excluding carboxylic acids is 1. The largest absolute Gasteiger partial charge is 0.453 e. The number of halogens is 2. The molecule has 2 aromatic rings. The average molecular weight is 378 g/mol. The van der Waals surface area contributed by atoms with E-state index in [9.17, 15) is 4.79 Å². The molecule has 0 aromatic heterocycles. The van der Waals surface area contributed by atoms with Gasteiger partial charge in [-0.05, 0) is 42.5 Å². The molecule has 2 aromatic carbocycles. The average Bonchev–Trinajstić information content (AvgIpc) is 2.63. The van der Waals surface area contributed by atoms with Crippen LogP contribution in [0, 0.1) is 11.7 Å². The molecule has 0 spiro atoms. The first kappa shape index (κ1) is 20.2. The molecular formula is C21H25ClFNO2. The van der Waals surface area contributed by atoms with Crippen molar-refractivity contribution in [2.45, 2.75) is 32.6 Å². The molecule has 0 aliphatic rings. The van der Waals surface area contributed by atoms with Gasteiger partial charge in [0.05, 0.1) is 5.02 Å². The van der Waals surface area contributed by atoms with Crippen molar-refractivity contribution in [1.82, 2.24) is 4.90 Å². The number of nitrogens with zero attached hydrogens (tertiary/aromatic N) is 1. The molecule has 0 fully saturated rings. The van der Waals surface area contributed by atoms with Gasteiger partial charge in [0, 0.05) is 20.0 Å². The fourth-order valence-electron chi connectivity index (χ4n) is 3.04. The maximum Gasteiger partial charge on any atom is 0.224 e. The maximum absolute atomic E-state index is 15.2. The summed E-state index contributed by atoms with van der Waals surface area (Å²) in [5, 5.41) is 0.224. The van der Waals surface area contributed by atoms with E-state index in [1.807, 2.05) is 32.0 Å². The molecule has 1 amide bonds. The Balaban J connectivity index is 2.30. The lowest BCUT2D eigenvalue weighted by Gasteiger charge is -2.23. The summed E-state index contributed by atoms with van der Waals surface area (Å²) < 4.78 is 20.8. The van der Waals surface area contributed by atoms with Crippen LogP contribution >= 0.6 is 11.6 Å². The van der Waals surface area contributed by atoms with Crippen LogP contribution in [0.3, 0.4) is 0 Å². The number of rotatable bonds is 7. The second-order valence-corrected chi connectivity index (χ2v) is 7.08. The van der Waals surface area contributed by atoms with E-state index >= 15 is 4.39 Å². The lowest BCUT2D eigenvalue weighted by molar-refractivity contribution is -0.132. The lowest BCUT2D eigenvalue weighted by Crippen LogP contribution is -2.29. The SMILES string of the molecule is CC[C@@H](C[C@@H](C)C(=O)N(C)C)c1ccc(Cl)c(Oc2ccccc2)c1F. The Hall–Kier alpha value is -2.07. The Morgan fingerprint density at radius 1 is 1.19 bits per heavy atom. The number of benzene rings is 2. The van der Waals surface area contributed by atoms with E-state index < -0.39 is 5.82 Å². The number of amides is 1. The summed E-state index contributed by atoms with van der Waals surface area (Å²) in [6.45, 7) is 3.86. The van der Waals surface area contributed by atoms with Crippen LogP contribution in [0.15, 0.2) is 42.5 Å². The monoisotopic (exact) mass is 377 g/mol. The number of hydrogen-bond acceptors (Lipinski definition) is 2. The summed E-state index contributed by atoms with van der Waals surface area (Å²) in [7, 11) is 3.46. The van der Waals surface area contributed by atoms with E-state index in [-0.39, 0.29) is 28.5 Å². The second kappa shape index (κ2) is 9.04. The third kappa shape index (κ3) is 4.76. The summed E-state index contributed by atoms with van der Waals surface area (Å²) >= 11 is 6.17. The zero-order valence-electron chi connectivity index (χ0n) is 15.6. The molecule has 5 heteroatoms. The van der Waals surface area contributed by atoms with Gasteiger partial charge >= 0.3 is 0 Å². The zero-order chi connectivity index (χ0) is 19.3. The van der Waals surface area contributed by atoms with E-state index in [0.717, 1.165) is 0 Å². The fourth-order valence-corrected chi connectivity index (χ4v) is 3.23. The Kier molecular flexibility index (Phi) is 7.04. The van der Waals surface area contributed by atoms with Crippen LogP contribution in [0.25, 0.3) is 0 Å². The van der Waals surface area contributed by atoms with Crippen molar-refractivity contribution < 1.29 is 13.9 Å². The number of carbonyl (C=O) groups is 1. The highest BCUT2D eigenvalue weighted by molar-refractivity contribution is 6.32. The zero-order valence-corrected chi connectivity index (χ0v) is 16.4. The van der Waals surface area contributed by atoms with Crippen LogP contribution in [0.5, 0.6) is 11.5 Å². The normalized spacial score (nSPS) is 13.2. The van der Waals surface area contributed by atoms with Gasteiger partial charge < -0.3 is 9.64 Å². The maximum atomic E-state index is 15.2. The highest BCUT2D eigenvalue weighted by Gasteiger charge is 2.25. The third-order valence-corrected chi connectivity index (χ3v) is 4.77. The highest BCUT2D eigenvalue weighted by atomic mass is 35.5. The van der Waals surface area contributed by atoms with Crippen LogP contribution < -0.4 is 4.74 Å². The minimum Gasteiger partial charge on any atom is -0.453 e. The summed E-state index contributed by atoms with van der Waals surface area (Å²) in [5.41, 5.74) is 0.529. The number of ether oxygens (including phenoxy) is 1. The molecule has 0 N–H and O–H groups in total. The van der Waals surface area contributed by atoms with E-state index in [1.165, 1.54) is 0 Å². The summed E-state index contributed by atoms with van der Waals surface area (Å²) in [6, 6.07) is 12.3. The predicted octanol–water partition coefficient (Wildman–Crippen LogP) is 5.88. The second-order valence-electron chi connectivity index (χ2n) is 6.67. The Labute approximate surface area is 159 Å². The first-order valence-electron chi connectivity index (χ1n) is 8.77. The molecule has 0 heterocycles. The highest BCUT2D eigenvalue weighted by Crippen LogP contribution is 2.38. The first-order valence-corrected chi connectivity index (χ1v) is 9.14. The standard InChI is InChI=1S/C21H25ClFNO2/c1-5-15(13-14(2)21(25)24(3)4)17-11-12-18(22)20(19(17)23)26-16-9-7-6-8-10-16/h6-12,14-15H,5,13H2,1-4H3/t14-,15+/m1/s1. The van der Waals surface area contributed by atoms with Gasteiger partial charge in [0.25, 0.3) is 0 Å². The summed E-state index contributed by atoms with van der Waals surface area (Å²) in [6.07, 6.45) is 1.28. The van der Waals surface area contributed by atoms with Gasteiger partial charge in [-0.15, -0.1) is 0 Å². The van der Waals surface area contributed by atoms with Crippen molar-refractivity contribution in [1.29, 1.82) is 0 Å². The van der Waals surface area contributed by atoms with Crippen molar-refractivity contribution >= 4 is 17.5 Å². The fraction of sp³-hybridized carbons (Fsp3) is 0.381. The van der Waals surface area contributed by atoms with Gasteiger partial charge in [0.15, 0.2) is 11.6 Å². The molecule has 0 saturated carbocycles. The molecule has 0 radical (unpaired) electrons. The third-order valence-electron chi connectivity index (χ3n) is 4.48. The van der Waals surface area contributed by atoms with Crippen molar-refractivity contribution in [3.05, 3.63) is 58.9 Å². The van der Waals surface area contributed by atoms with Crippen molar-refractivity contribution in [2.75, 3.05) is 14.1 Å². The van der Waals surface area contributed by atoms with Crippen molar-refractivity contribution in [3.8, 4) is 11.5 Å². The van der Waals surface area contributed by atoms with Crippen LogP contribution in [0.2, 0.25) is 5.02 Å². The first-order chi connectivity index (χ1) is 12.3. The number of hydrogen-bond donors (Lipinski definition) is 0. The molecule has 0 aliphatic carbocycles. The summed E-state index contributed by atoms with van der Waals surface area (Å²) in [4.78, 5) is 13.7. The lowest BCUT2D eigenvalue weighted by atomic mass is 9.86. The molecule has 0 aliphatic heterocycles. The minimum atomic E-state index is -0.460. The van der Waals surface area contributed by atoms with Crippen LogP contribution in [-0.4, -0.2) is 24.9 Å². The smallest absolute Gasteiger partial charge is 0.224 e. The van der Waals surface area contributed by atoms with E-state index in [1.54, 1.807) is 43.3 Å². The number of para-hydroxylation sites is 1. The topological polar surface area (TPSA) is 29.5 Å². The molecule has 3 nitrogen and oxygen atoms in total. The molecular weight excluding hydrogens is 353 g/mol. The molecule has 140 valence electrons. The van der Waals surface area contributed by atoms with Crippen LogP contribution in [0.1, 0.15) is 38.2 Å².